The number of terminal acetylenes is 1. The van der Waals surface area contributed by atoms with Gasteiger partial charge in [-0.25, -0.2) is 0 Å². The van der Waals surface area contributed by atoms with Gasteiger partial charge in [0.25, 0.3) is 0 Å². The average molecular weight is 203 g/mol. The normalized spacial score (nSPS) is 9.33. The van der Waals surface area contributed by atoms with Gasteiger partial charge in [0, 0.05) is 13.2 Å². The van der Waals surface area contributed by atoms with E-state index in [-0.39, 0.29) is 12.5 Å². The van der Waals surface area contributed by atoms with Gasteiger partial charge in [-0.3, -0.25) is 15.1 Å². The summed E-state index contributed by atoms with van der Waals surface area (Å²) >= 11 is 0. The maximum absolute atomic E-state index is 11.6. The number of pyridine rings is 1. The molecular weight excluding hydrogens is 190 g/mol. The molecule has 0 unspecified atom stereocenters. The maximum Gasteiger partial charge on any atom is 0.240 e. The lowest BCUT2D eigenvalue weighted by atomic mass is 10.3. The molecular formula is C11H13N3O. The molecule has 0 saturated carbocycles. The molecule has 0 saturated heterocycles. The van der Waals surface area contributed by atoms with Gasteiger partial charge < -0.3 is 4.90 Å². The lowest BCUT2D eigenvalue weighted by molar-refractivity contribution is -0.117. The molecule has 78 valence electrons. The highest BCUT2D eigenvalue weighted by atomic mass is 16.2. The molecule has 15 heavy (non-hydrogen) atoms. The van der Waals surface area contributed by atoms with Gasteiger partial charge in [0.15, 0.2) is 0 Å². The summed E-state index contributed by atoms with van der Waals surface area (Å²) in [5.74, 6) is 2.36. The fourth-order valence-corrected chi connectivity index (χ4v) is 1.06. The fourth-order valence-electron chi connectivity index (χ4n) is 1.06. The number of carbonyl (C=O) groups excluding carboxylic acids is 1. The molecule has 0 spiro atoms. The van der Waals surface area contributed by atoms with E-state index < -0.39 is 0 Å². The molecule has 0 fully saturated rings. The van der Waals surface area contributed by atoms with Gasteiger partial charge >= 0.3 is 0 Å². The van der Waals surface area contributed by atoms with Crippen molar-refractivity contribution < 1.29 is 4.79 Å². The van der Waals surface area contributed by atoms with Gasteiger partial charge in [0.2, 0.25) is 5.91 Å². The van der Waals surface area contributed by atoms with Gasteiger partial charge in [0.05, 0.1) is 25.0 Å². The third-order valence-electron chi connectivity index (χ3n) is 1.91. The molecule has 0 aliphatic rings. The highest BCUT2D eigenvalue weighted by Crippen LogP contribution is 2.08. The van der Waals surface area contributed by atoms with Crippen LogP contribution < -0.4 is 10.2 Å². The lowest BCUT2D eigenvalue weighted by Gasteiger charge is -2.16. The molecule has 4 nitrogen and oxygen atoms in total. The minimum atomic E-state index is -0.0433. The monoisotopic (exact) mass is 203 g/mol. The predicted octanol–water partition coefficient (Wildman–Crippen LogP) is 0.267. The first-order valence-corrected chi connectivity index (χ1v) is 4.56. The van der Waals surface area contributed by atoms with Crippen molar-refractivity contribution in [1.29, 1.82) is 0 Å². The smallest absolute Gasteiger partial charge is 0.240 e. The Hall–Kier alpha value is -1.86. The van der Waals surface area contributed by atoms with Crippen LogP contribution in [0.3, 0.4) is 0 Å². The van der Waals surface area contributed by atoms with Crippen LogP contribution in [0.25, 0.3) is 0 Å². The summed E-state index contributed by atoms with van der Waals surface area (Å²) in [5, 5.41) is 2.84. The van der Waals surface area contributed by atoms with Crippen molar-refractivity contribution in [1.82, 2.24) is 10.3 Å². The number of carbonyl (C=O) groups is 1. The zero-order chi connectivity index (χ0) is 11.1. The minimum absolute atomic E-state index is 0.0433. The number of anilines is 1. The number of amides is 1. The second-order valence-electron chi connectivity index (χ2n) is 2.97. The molecule has 1 rings (SSSR count). The summed E-state index contributed by atoms with van der Waals surface area (Å²) in [6.45, 7) is 0.627. The second kappa shape index (κ2) is 5.78. The number of nitrogens with zero attached hydrogens (tertiary/aromatic N) is 2. The molecule has 0 aliphatic carbocycles. The van der Waals surface area contributed by atoms with E-state index in [1.807, 2.05) is 6.07 Å². The largest absolute Gasteiger partial charge is 0.313 e. The van der Waals surface area contributed by atoms with E-state index in [1.165, 1.54) is 4.90 Å². The Morgan fingerprint density at radius 1 is 1.73 bits per heavy atom. The molecule has 1 N–H and O–H groups in total. The van der Waals surface area contributed by atoms with E-state index in [1.54, 1.807) is 25.5 Å². The molecule has 0 aromatic carbocycles. The Labute approximate surface area is 89.3 Å². The van der Waals surface area contributed by atoms with Crippen LogP contribution >= 0.6 is 0 Å². The first-order chi connectivity index (χ1) is 7.25. The topological polar surface area (TPSA) is 45.2 Å². The summed E-state index contributed by atoms with van der Waals surface area (Å²) < 4.78 is 0. The van der Waals surface area contributed by atoms with Crippen LogP contribution in [0.15, 0.2) is 24.5 Å². The lowest BCUT2D eigenvalue weighted by Crippen LogP contribution is -2.35. The number of likely N-dealkylation sites (N-methyl/N-ethyl adjacent to an activating group) is 1. The van der Waals surface area contributed by atoms with Gasteiger partial charge in [-0.05, 0) is 12.1 Å². The third-order valence-corrected chi connectivity index (χ3v) is 1.91. The van der Waals surface area contributed by atoms with Crippen molar-refractivity contribution in [3.8, 4) is 12.3 Å². The van der Waals surface area contributed by atoms with Crippen molar-refractivity contribution >= 4 is 11.6 Å². The first-order valence-electron chi connectivity index (χ1n) is 4.56. The fraction of sp³-hybridized carbons (Fsp3) is 0.273. The van der Waals surface area contributed by atoms with Crippen LogP contribution in [-0.2, 0) is 4.79 Å². The Balaban J connectivity index is 2.51. The van der Waals surface area contributed by atoms with Gasteiger partial charge in [0.1, 0.15) is 0 Å². The van der Waals surface area contributed by atoms with E-state index in [2.05, 4.69) is 16.2 Å². The Morgan fingerprint density at radius 3 is 3.13 bits per heavy atom. The van der Waals surface area contributed by atoms with Crippen molar-refractivity contribution in [3.05, 3.63) is 24.5 Å². The number of nitrogens with one attached hydrogen (secondary N) is 1. The SMILES string of the molecule is C#CCNCC(=O)N(C)c1cccnc1. The molecule has 1 amide bonds. The summed E-state index contributed by atoms with van der Waals surface area (Å²) in [4.78, 5) is 17.1. The Kier molecular flexibility index (Phi) is 4.32. The predicted molar refractivity (Wildman–Crippen MR) is 59.3 cm³/mol. The van der Waals surface area contributed by atoms with Gasteiger partial charge in [-0.1, -0.05) is 5.92 Å². The van der Waals surface area contributed by atoms with Crippen LogP contribution in [0.5, 0.6) is 0 Å². The van der Waals surface area contributed by atoms with E-state index in [0.29, 0.717) is 6.54 Å². The zero-order valence-corrected chi connectivity index (χ0v) is 8.60. The van der Waals surface area contributed by atoms with E-state index >= 15 is 0 Å². The zero-order valence-electron chi connectivity index (χ0n) is 8.60. The highest BCUT2D eigenvalue weighted by Gasteiger charge is 2.09. The van der Waals surface area contributed by atoms with E-state index in [0.717, 1.165) is 5.69 Å². The van der Waals surface area contributed by atoms with Crippen LogP contribution in [0.1, 0.15) is 0 Å². The molecule has 0 aliphatic heterocycles. The van der Waals surface area contributed by atoms with Crippen molar-refractivity contribution in [2.24, 2.45) is 0 Å². The molecule has 0 bridgehead atoms. The van der Waals surface area contributed by atoms with Crippen molar-refractivity contribution in [2.45, 2.75) is 0 Å². The number of rotatable bonds is 4. The summed E-state index contributed by atoms with van der Waals surface area (Å²) in [7, 11) is 1.71. The summed E-state index contributed by atoms with van der Waals surface area (Å²) in [5.41, 5.74) is 0.769. The summed E-state index contributed by atoms with van der Waals surface area (Å²) in [6.07, 6.45) is 8.36. The van der Waals surface area contributed by atoms with Gasteiger partial charge in [-0.2, -0.15) is 0 Å². The molecule has 0 radical (unpaired) electrons. The van der Waals surface area contributed by atoms with Crippen LogP contribution in [-0.4, -0.2) is 31.0 Å². The number of aromatic nitrogens is 1. The second-order valence-corrected chi connectivity index (χ2v) is 2.97. The molecule has 1 aromatic heterocycles. The molecule has 4 heteroatoms. The third kappa shape index (κ3) is 3.41. The number of hydrogen-bond acceptors (Lipinski definition) is 3. The molecule has 1 heterocycles. The van der Waals surface area contributed by atoms with Crippen LogP contribution in [0.4, 0.5) is 5.69 Å². The minimum Gasteiger partial charge on any atom is -0.313 e. The number of hydrogen-bond donors (Lipinski definition) is 1. The Morgan fingerprint density at radius 2 is 2.53 bits per heavy atom. The quantitative estimate of drug-likeness (QED) is 0.564. The Bertz CT molecular complexity index is 356. The van der Waals surface area contributed by atoms with Gasteiger partial charge in [-0.15, -0.1) is 6.42 Å². The van der Waals surface area contributed by atoms with E-state index in [9.17, 15) is 4.79 Å². The molecule has 1 aromatic rings. The first kappa shape index (κ1) is 11.2. The van der Waals surface area contributed by atoms with Crippen molar-refractivity contribution in [3.63, 3.8) is 0 Å². The van der Waals surface area contributed by atoms with Crippen LogP contribution in [0.2, 0.25) is 0 Å². The summed E-state index contributed by atoms with van der Waals surface area (Å²) in [6, 6.07) is 3.61. The average Bonchev–Trinajstić information content (AvgIpc) is 2.29. The maximum atomic E-state index is 11.6. The highest BCUT2D eigenvalue weighted by molar-refractivity contribution is 5.94. The van der Waals surface area contributed by atoms with Crippen molar-refractivity contribution in [2.75, 3.05) is 25.0 Å². The standard InChI is InChI=1S/C11H13N3O/c1-3-6-12-9-11(15)14(2)10-5-4-7-13-8-10/h1,4-5,7-8,12H,6,9H2,2H3. The van der Waals surface area contributed by atoms with Crippen LogP contribution in [0, 0.1) is 12.3 Å². The van der Waals surface area contributed by atoms with E-state index in [4.69, 9.17) is 6.42 Å². The molecule has 0 atom stereocenters.